The van der Waals surface area contributed by atoms with Crippen molar-refractivity contribution in [1.82, 2.24) is 5.32 Å². The number of amides is 2. The smallest absolute Gasteiger partial charge is 0.410 e. The molecule has 2 rings (SSSR count). The maximum Gasteiger partial charge on any atom is 0.412 e. The zero-order valence-corrected chi connectivity index (χ0v) is 12.9. The second-order valence-electron chi connectivity index (χ2n) is 5.63. The molecule has 0 spiro atoms. The molecule has 0 unspecified atom stereocenters. The number of ether oxygens (including phenoxy) is 1. The van der Waals surface area contributed by atoms with Crippen LogP contribution in [-0.2, 0) is 4.79 Å². The van der Waals surface area contributed by atoms with Crippen LogP contribution in [0.3, 0.4) is 0 Å². The normalized spacial score (nSPS) is 15.0. The number of carbonyl (C=O) groups is 2. The van der Waals surface area contributed by atoms with Crippen LogP contribution in [0.1, 0.15) is 39.0 Å². The van der Waals surface area contributed by atoms with Crippen molar-refractivity contribution in [3.8, 4) is 5.75 Å². The molecule has 5 heteroatoms. The SMILES string of the molecule is C=C(C)C(=O)Nc1cccc(OC(=O)NC2CCCCC2)c1. The van der Waals surface area contributed by atoms with Gasteiger partial charge in [-0.1, -0.05) is 31.9 Å². The lowest BCUT2D eigenvalue weighted by Crippen LogP contribution is -2.38. The number of benzene rings is 1. The predicted octanol–water partition coefficient (Wildman–Crippen LogP) is 3.62. The summed E-state index contributed by atoms with van der Waals surface area (Å²) in [5, 5.41) is 5.57. The van der Waals surface area contributed by atoms with E-state index < -0.39 is 6.09 Å². The van der Waals surface area contributed by atoms with Crippen LogP contribution in [0.2, 0.25) is 0 Å². The monoisotopic (exact) mass is 302 g/mol. The summed E-state index contributed by atoms with van der Waals surface area (Å²) in [6.45, 7) is 5.21. The van der Waals surface area contributed by atoms with E-state index in [4.69, 9.17) is 4.74 Å². The Morgan fingerprint density at radius 3 is 2.64 bits per heavy atom. The summed E-state index contributed by atoms with van der Waals surface area (Å²) in [5.41, 5.74) is 0.984. The second-order valence-corrected chi connectivity index (χ2v) is 5.63. The molecular weight excluding hydrogens is 280 g/mol. The number of anilines is 1. The first-order chi connectivity index (χ1) is 10.5. The van der Waals surface area contributed by atoms with Crippen molar-refractivity contribution in [2.45, 2.75) is 45.1 Å². The molecule has 1 fully saturated rings. The third-order valence-electron chi connectivity index (χ3n) is 3.62. The highest BCUT2D eigenvalue weighted by molar-refractivity contribution is 6.02. The van der Waals surface area contributed by atoms with Crippen LogP contribution in [0.25, 0.3) is 0 Å². The molecule has 118 valence electrons. The third-order valence-corrected chi connectivity index (χ3v) is 3.62. The van der Waals surface area contributed by atoms with Crippen LogP contribution < -0.4 is 15.4 Å². The number of rotatable bonds is 4. The summed E-state index contributed by atoms with van der Waals surface area (Å²) >= 11 is 0. The second kappa shape index (κ2) is 7.64. The van der Waals surface area contributed by atoms with E-state index in [0.29, 0.717) is 17.0 Å². The molecule has 2 N–H and O–H groups in total. The van der Waals surface area contributed by atoms with E-state index >= 15 is 0 Å². The molecule has 22 heavy (non-hydrogen) atoms. The van der Waals surface area contributed by atoms with Gasteiger partial charge in [0.2, 0.25) is 0 Å². The molecule has 5 nitrogen and oxygen atoms in total. The Morgan fingerprint density at radius 2 is 1.95 bits per heavy atom. The van der Waals surface area contributed by atoms with Gasteiger partial charge in [-0.25, -0.2) is 4.79 Å². The van der Waals surface area contributed by atoms with Gasteiger partial charge in [-0.15, -0.1) is 0 Å². The minimum atomic E-state index is -0.449. The van der Waals surface area contributed by atoms with Crippen LogP contribution in [-0.4, -0.2) is 18.0 Å². The molecular formula is C17H22N2O3. The average molecular weight is 302 g/mol. The largest absolute Gasteiger partial charge is 0.412 e. The van der Waals surface area contributed by atoms with Crippen molar-refractivity contribution in [2.24, 2.45) is 0 Å². The zero-order valence-electron chi connectivity index (χ0n) is 12.9. The van der Waals surface area contributed by atoms with Gasteiger partial charge in [-0.2, -0.15) is 0 Å². The number of hydrogen-bond acceptors (Lipinski definition) is 3. The molecule has 0 atom stereocenters. The fourth-order valence-electron chi connectivity index (χ4n) is 2.43. The Morgan fingerprint density at radius 1 is 1.23 bits per heavy atom. The Kier molecular flexibility index (Phi) is 5.58. The van der Waals surface area contributed by atoms with Gasteiger partial charge < -0.3 is 15.4 Å². The van der Waals surface area contributed by atoms with Gasteiger partial charge in [0.15, 0.2) is 0 Å². The summed E-state index contributed by atoms with van der Waals surface area (Å²) in [7, 11) is 0. The van der Waals surface area contributed by atoms with Gasteiger partial charge in [0, 0.05) is 23.4 Å². The maximum atomic E-state index is 11.9. The van der Waals surface area contributed by atoms with Gasteiger partial charge in [0.25, 0.3) is 5.91 Å². The summed E-state index contributed by atoms with van der Waals surface area (Å²) in [6, 6.07) is 6.94. The van der Waals surface area contributed by atoms with Gasteiger partial charge >= 0.3 is 6.09 Å². The minimum Gasteiger partial charge on any atom is -0.410 e. The molecule has 1 saturated carbocycles. The van der Waals surface area contributed by atoms with Gasteiger partial charge in [-0.3, -0.25) is 4.79 Å². The quantitative estimate of drug-likeness (QED) is 0.835. The summed E-state index contributed by atoms with van der Waals surface area (Å²) < 4.78 is 5.28. The lowest BCUT2D eigenvalue weighted by molar-refractivity contribution is -0.112. The fraction of sp³-hybridized carbons (Fsp3) is 0.412. The first-order valence-electron chi connectivity index (χ1n) is 7.60. The lowest BCUT2D eigenvalue weighted by atomic mass is 9.96. The highest BCUT2D eigenvalue weighted by Gasteiger charge is 2.16. The van der Waals surface area contributed by atoms with Crippen molar-refractivity contribution in [3.05, 3.63) is 36.4 Å². The van der Waals surface area contributed by atoms with Crippen LogP contribution in [0.15, 0.2) is 36.4 Å². The van der Waals surface area contributed by atoms with Crippen molar-refractivity contribution in [2.75, 3.05) is 5.32 Å². The van der Waals surface area contributed by atoms with Crippen molar-refractivity contribution in [3.63, 3.8) is 0 Å². The zero-order chi connectivity index (χ0) is 15.9. The molecule has 0 bridgehead atoms. The molecule has 1 aromatic carbocycles. The van der Waals surface area contributed by atoms with Crippen molar-refractivity contribution in [1.29, 1.82) is 0 Å². The molecule has 2 amide bonds. The summed E-state index contributed by atoms with van der Waals surface area (Å²) in [6.07, 6.45) is 5.08. The van der Waals surface area contributed by atoms with E-state index in [1.54, 1.807) is 31.2 Å². The maximum absolute atomic E-state index is 11.9. The molecule has 0 saturated heterocycles. The van der Waals surface area contributed by atoms with Gasteiger partial charge in [-0.05, 0) is 31.9 Å². The van der Waals surface area contributed by atoms with E-state index in [0.717, 1.165) is 25.7 Å². The number of nitrogens with one attached hydrogen (secondary N) is 2. The topological polar surface area (TPSA) is 67.4 Å². The highest BCUT2D eigenvalue weighted by Crippen LogP contribution is 2.20. The third kappa shape index (κ3) is 4.91. The molecule has 1 aliphatic carbocycles. The first kappa shape index (κ1) is 16.1. The van der Waals surface area contributed by atoms with E-state index in [-0.39, 0.29) is 11.9 Å². The Bertz CT molecular complexity index is 563. The molecule has 0 radical (unpaired) electrons. The Balaban J connectivity index is 1.90. The molecule has 1 aromatic rings. The Hall–Kier alpha value is -2.30. The summed E-state index contributed by atoms with van der Waals surface area (Å²) in [4.78, 5) is 23.5. The molecule has 0 heterocycles. The van der Waals surface area contributed by atoms with Crippen molar-refractivity contribution >= 4 is 17.7 Å². The van der Waals surface area contributed by atoms with Crippen LogP contribution in [0.4, 0.5) is 10.5 Å². The standard InChI is InChI=1S/C17H22N2O3/c1-12(2)16(20)18-14-9-6-10-15(11-14)22-17(21)19-13-7-4-3-5-8-13/h6,9-11,13H,1,3-5,7-8H2,2H3,(H,18,20)(H,19,21). The van der Waals surface area contributed by atoms with E-state index in [1.807, 2.05) is 0 Å². The van der Waals surface area contributed by atoms with E-state index in [2.05, 4.69) is 17.2 Å². The highest BCUT2D eigenvalue weighted by atomic mass is 16.6. The summed E-state index contributed by atoms with van der Waals surface area (Å²) in [5.74, 6) is 0.136. The number of carbonyl (C=O) groups excluding carboxylic acids is 2. The fourth-order valence-corrected chi connectivity index (χ4v) is 2.43. The lowest BCUT2D eigenvalue weighted by Gasteiger charge is -2.22. The van der Waals surface area contributed by atoms with E-state index in [9.17, 15) is 9.59 Å². The van der Waals surface area contributed by atoms with E-state index in [1.165, 1.54) is 6.42 Å². The molecule has 0 aliphatic heterocycles. The van der Waals surface area contributed by atoms with Crippen LogP contribution in [0, 0.1) is 0 Å². The van der Waals surface area contributed by atoms with Gasteiger partial charge in [0.1, 0.15) is 5.75 Å². The Labute approximate surface area is 130 Å². The first-order valence-corrected chi connectivity index (χ1v) is 7.60. The molecule has 1 aliphatic rings. The number of hydrogen-bond donors (Lipinski definition) is 2. The molecule has 0 aromatic heterocycles. The minimum absolute atomic E-state index is 0.201. The average Bonchev–Trinajstić information content (AvgIpc) is 2.48. The van der Waals surface area contributed by atoms with Crippen LogP contribution >= 0.6 is 0 Å². The van der Waals surface area contributed by atoms with Crippen molar-refractivity contribution < 1.29 is 14.3 Å². The van der Waals surface area contributed by atoms with Crippen LogP contribution in [0.5, 0.6) is 5.75 Å². The van der Waals surface area contributed by atoms with Gasteiger partial charge in [0.05, 0.1) is 0 Å². The predicted molar refractivity (Wildman–Crippen MR) is 85.9 cm³/mol.